The average molecular weight is 364 g/mol. The van der Waals surface area contributed by atoms with Crippen molar-refractivity contribution in [3.05, 3.63) is 58.5 Å². The van der Waals surface area contributed by atoms with Crippen LogP contribution in [0.1, 0.15) is 15.9 Å². The van der Waals surface area contributed by atoms with Gasteiger partial charge in [-0.05, 0) is 23.8 Å². The van der Waals surface area contributed by atoms with Gasteiger partial charge >= 0.3 is 0 Å². The quantitative estimate of drug-likeness (QED) is 0.838. The summed E-state index contributed by atoms with van der Waals surface area (Å²) in [6.07, 6.45) is 1.79. The lowest BCUT2D eigenvalue weighted by Crippen LogP contribution is -2.48. The maximum atomic E-state index is 13.9. The molecule has 132 valence electrons. The van der Waals surface area contributed by atoms with E-state index in [4.69, 9.17) is 16.3 Å². The molecule has 2 heterocycles. The van der Waals surface area contributed by atoms with Crippen LogP contribution in [0, 0.1) is 5.82 Å². The van der Waals surface area contributed by atoms with Gasteiger partial charge in [0.2, 0.25) is 5.88 Å². The molecule has 0 aliphatic carbocycles. The zero-order chi connectivity index (χ0) is 17.8. The molecule has 0 atom stereocenters. The van der Waals surface area contributed by atoms with Crippen LogP contribution in [0.4, 0.5) is 4.39 Å². The molecule has 7 heteroatoms. The van der Waals surface area contributed by atoms with Crippen molar-refractivity contribution in [1.29, 1.82) is 0 Å². The second kappa shape index (κ2) is 7.80. The smallest absolute Gasteiger partial charge is 0.256 e. The van der Waals surface area contributed by atoms with Gasteiger partial charge in [0.1, 0.15) is 5.82 Å². The van der Waals surface area contributed by atoms with Gasteiger partial charge in [-0.2, -0.15) is 0 Å². The molecule has 0 radical (unpaired) electrons. The first kappa shape index (κ1) is 17.6. The number of halogens is 2. The van der Waals surface area contributed by atoms with Crippen LogP contribution in [0.2, 0.25) is 5.02 Å². The van der Waals surface area contributed by atoms with Crippen LogP contribution in [-0.4, -0.2) is 54.0 Å². The van der Waals surface area contributed by atoms with Gasteiger partial charge in [-0.15, -0.1) is 0 Å². The number of hydrogen-bond donors (Lipinski definition) is 0. The monoisotopic (exact) mass is 363 g/mol. The van der Waals surface area contributed by atoms with Gasteiger partial charge in [0, 0.05) is 50.0 Å². The number of carbonyl (C=O) groups is 1. The maximum Gasteiger partial charge on any atom is 0.256 e. The molecule has 1 aromatic carbocycles. The van der Waals surface area contributed by atoms with Crippen LogP contribution in [0.3, 0.4) is 0 Å². The van der Waals surface area contributed by atoms with E-state index in [1.807, 2.05) is 12.1 Å². The van der Waals surface area contributed by atoms with Crippen molar-refractivity contribution < 1.29 is 13.9 Å². The fraction of sp³-hybridized carbons (Fsp3) is 0.333. The normalized spacial score (nSPS) is 15.2. The van der Waals surface area contributed by atoms with Crippen LogP contribution in [0.5, 0.6) is 5.88 Å². The third kappa shape index (κ3) is 4.27. The van der Waals surface area contributed by atoms with Crippen molar-refractivity contribution in [2.75, 3.05) is 33.3 Å². The molecule has 5 nitrogen and oxygen atoms in total. The van der Waals surface area contributed by atoms with Crippen molar-refractivity contribution in [3.8, 4) is 5.88 Å². The van der Waals surface area contributed by atoms with E-state index in [2.05, 4.69) is 9.88 Å². The second-order valence-electron chi connectivity index (χ2n) is 5.90. The lowest BCUT2D eigenvalue weighted by Gasteiger charge is -2.34. The largest absolute Gasteiger partial charge is 0.481 e. The standard InChI is InChI=1S/C18H19ClFN3O2/c1-25-17-5-2-13(11-21-17)12-22-6-8-23(9-7-22)18(24)15-4-3-14(19)10-16(15)20/h2-5,10-11H,6-9,12H2,1H3. The predicted molar refractivity (Wildman–Crippen MR) is 93.4 cm³/mol. The predicted octanol–water partition coefficient (Wildman–Crippen LogP) is 2.84. The molecule has 2 aromatic rings. The molecule has 1 fully saturated rings. The topological polar surface area (TPSA) is 45.7 Å². The Morgan fingerprint density at radius 2 is 2.00 bits per heavy atom. The summed E-state index contributed by atoms with van der Waals surface area (Å²) in [7, 11) is 1.59. The molecule has 1 aliphatic heterocycles. The number of rotatable bonds is 4. The summed E-state index contributed by atoms with van der Waals surface area (Å²) >= 11 is 5.74. The SMILES string of the molecule is COc1ccc(CN2CCN(C(=O)c3ccc(Cl)cc3F)CC2)cn1. The Morgan fingerprint density at radius 3 is 2.60 bits per heavy atom. The summed E-state index contributed by atoms with van der Waals surface area (Å²) in [5.74, 6) is -0.284. The molecular weight excluding hydrogens is 345 g/mol. The van der Waals surface area contributed by atoms with Crippen molar-refractivity contribution in [2.45, 2.75) is 6.54 Å². The van der Waals surface area contributed by atoms with Gasteiger partial charge in [-0.25, -0.2) is 9.37 Å². The van der Waals surface area contributed by atoms with Crippen LogP contribution >= 0.6 is 11.6 Å². The third-order valence-corrected chi connectivity index (χ3v) is 4.47. The first-order valence-corrected chi connectivity index (χ1v) is 8.40. The number of benzene rings is 1. The first-order chi connectivity index (χ1) is 12.1. The summed E-state index contributed by atoms with van der Waals surface area (Å²) in [6.45, 7) is 3.34. The molecule has 1 aromatic heterocycles. The maximum absolute atomic E-state index is 13.9. The Labute approximate surface area is 151 Å². The summed E-state index contributed by atoms with van der Waals surface area (Å²) in [5.41, 5.74) is 1.15. The number of nitrogens with zero attached hydrogens (tertiary/aromatic N) is 3. The molecule has 0 spiro atoms. The van der Waals surface area contributed by atoms with E-state index in [9.17, 15) is 9.18 Å². The molecule has 25 heavy (non-hydrogen) atoms. The zero-order valence-electron chi connectivity index (χ0n) is 13.9. The number of methoxy groups -OCH3 is 1. The van der Waals surface area contributed by atoms with E-state index in [0.29, 0.717) is 19.0 Å². The lowest BCUT2D eigenvalue weighted by molar-refractivity contribution is 0.0624. The fourth-order valence-corrected chi connectivity index (χ4v) is 2.98. The van der Waals surface area contributed by atoms with Crippen molar-refractivity contribution >= 4 is 17.5 Å². The van der Waals surface area contributed by atoms with Gasteiger partial charge < -0.3 is 9.64 Å². The van der Waals surface area contributed by atoms with E-state index in [0.717, 1.165) is 25.2 Å². The number of pyridine rings is 1. The minimum Gasteiger partial charge on any atom is -0.481 e. The molecule has 3 rings (SSSR count). The summed E-state index contributed by atoms with van der Waals surface area (Å²) in [6, 6.07) is 7.95. The number of carbonyl (C=O) groups excluding carboxylic acids is 1. The number of amides is 1. The van der Waals surface area contributed by atoms with Gasteiger partial charge in [0.05, 0.1) is 12.7 Å². The van der Waals surface area contributed by atoms with E-state index in [-0.39, 0.29) is 16.5 Å². The highest BCUT2D eigenvalue weighted by Gasteiger charge is 2.24. The summed E-state index contributed by atoms with van der Waals surface area (Å²) in [4.78, 5) is 20.6. The van der Waals surface area contributed by atoms with Gasteiger partial charge in [0.15, 0.2) is 0 Å². The Kier molecular flexibility index (Phi) is 5.50. The summed E-state index contributed by atoms with van der Waals surface area (Å²) < 4.78 is 19.0. The molecule has 1 amide bonds. The molecular formula is C18H19ClFN3O2. The number of hydrogen-bond acceptors (Lipinski definition) is 4. The van der Waals surface area contributed by atoms with E-state index < -0.39 is 5.82 Å². The Hall–Kier alpha value is -2.18. The number of piperazine rings is 1. The van der Waals surface area contributed by atoms with Crippen molar-refractivity contribution in [2.24, 2.45) is 0 Å². The molecule has 1 aliphatic rings. The van der Waals surface area contributed by atoms with E-state index in [1.54, 1.807) is 18.2 Å². The number of ether oxygens (including phenoxy) is 1. The minimum atomic E-state index is -0.579. The van der Waals surface area contributed by atoms with Crippen LogP contribution in [-0.2, 0) is 6.54 Å². The lowest BCUT2D eigenvalue weighted by atomic mass is 10.1. The van der Waals surface area contributed by atoms with Gasteiger partial charge in [-0.3, -0.25) is 9.69 Å². The van der Waals surface area contributed by atoms with E-state index in [1.165, 1.54) is 18.2 Å². The molecule has 0 N–H and O–H groups in total. The molecule has 1 saturated heterocycles. The first-order valence-electron chi connectivity index (χ1n) is 8.02. The van der Waals surface area contributed by atoms with Crippen LogP contribution < -0.4 is 4.74 Å². The highest BCUT2D eigenvalue weighted by molar-refractivity contribution is 6.30. The second-order valence-corrected chi connectivity index (χ2v) is 6.34. The van der Waals surface area contributed by atoms with Crippen LogP contribution in [0.15, 0.2) is 36.5 Å². The third-order valence-electron chi connectivity index (χ3n) is 4.23. The van der Waals surface area contributed by atoms with E-state index >= 15 is 0 Å². The highest BCUT2D eigenvalue weighted by Crippen LogP contribution is 2.18. The Morgan fingerprint density at radius 1 is 1.24 bits per heavy atom. The summed E-state index contributed by atoms with van der Waals surface area (Å²) in [5, 5.41) is 0.284. The van der Waals surface area contributed by atoms with Crippen molar-refractivity contribution in [3.63, 3.8) is 0 Å². The molecule has 0 saturated carbocycles. The average Bonchev–Trinajstić information content (AvgIpc) is 2.62. The molecule has 0 unspecified atom stereocenters. The Bertz CT molecular complexity index is 746. The van der Waals surface area contributed by atoms with Gasteiger partial charge in [-0.1, -0.05) is 17.7 Å². The zero-order valence-corrected chi connectivity index (χ0v) is 14.7. The minimum absolute atomic E-state index is 0.0669. The van der Waals surface area contributed by atoms with Crippen molar-refractivity contribution in [1.82, 2.24) is 14.8 Å². The fourth-order valence-electron chi connectivity index (χ4n) is 2.83. The van der Waals surface area contributed by atoms with Gasteiger partial charge in [0.25, 0.3) is 5.91 Å². The molecule has 0 bridgehead atoms. The Balaban J connectivity index is 1.56. The highest BCUT2D eigenvalue weighted by atomic mass is 35.5. The van der Waals surface area contributed by atoms with Crippen LogP contribution in [0.25, 0.3) is 0 Å². The number of aromatic nitrogens is 1.